The maximum absolute atomic E-state index is 11.2. The number of rotatable bonds is 3. The van der Waals surface area contributed by atoms with Gasteiger partial charge in [0.15, 0.2) is 0 Å². The molecule has 5 heteroatoms. The number of carbonyl (C=O) groups is 1. The Morgan fingerprint density at radius 3 is 2.80 bits per heavy atom. The van der Waals surface area contributed by atoms with Crippen LogP contribution in [0.15, 0.2) is 40.1 Å². The van der Waals surface area contributed by atoms with Crippen LogP contribution < -0.4 is 0 Å². The number of fused-ring (bicyclic) bond motifs is 1. The molecule has 1 unspecified atom stereocenters. The molecule has 2 N–H and O–H groups in total. The van der Waals surface area contributed by atoms with E-state index in [-0.39, 0.29) is 5.56 Å². The summed E-state index contributed by atoms with van der Waals surface area (Å²) in [4.78, 5) is 11.6. The summed E-state index contributed by atoms with van der Waals surface area (Å²) in [5.41, 5.74) is 1.45. The highest BCUT2D eigenvalue weighted by molar-refractivity contribution is 7.10. The first-order valence-electron chi connectivity index (χ1n) is 6.06. The molecule has 0 aliphatic rings. The fourth-order valence-electron chi connectivity index (χ4n) is 2.37. The van der Waals surface area contributed by atoms with Crippen molar-refractivity contribution in [1.82, 2.24) is 0 Å². The topological polar surface area (TPSA) is 70.7 Å². The molecule has 0 bridgehead atoms. The van der Waals surface area contributed by atoms with Crippen LogP contribution in [0.5, 0.6) is 0 Å². The monoisotopic (exact) mass is 288 g/mol. The number of thiophene rings is 1. The number of furan rings is 1. The van der Waals surface area contributed by atoms with E-state index in [1.54, 1.807) is 12.3 Å². The van der Waals surface area contributed by atoms with Crippen molar-refractivity contribution in [3.05, 3.63) is 57.5 Å². The van der Waals surface area contributed by atoms with Gasteiger partial charge in [-0.2, -0.15) is 0 Å². The number of hydrogen-bond donors (Lipinski definition) is 2. The van der Waals surface area contributed by atoms with Crippen molar-refractivity contribution in [1.29, 1.82) is 0 Å². The van der Waals surface area contributed by atoms with Gasteiger partial charge in [-0.1, -0.05) is 18.2 Å². The number of aromatic carboxylic acids is 1. The van der Waals surface area contributed by atoms with Crippen LogP contribution in [-0.4, -0.2) is 16.2 Å². The maximum atomic E-state index is 11.2. The molecule has 0 radical (unpaired) electrons. The molecule has 102 valence electrons. The van der Waals surface area contributed by atoms with E-state index in [1.165, 1.54) is 17.4 Å². The molecule has 0 saturated heterocycles. The molecule has 1 atom stereocenters. The minimum atomic E-state index is -1.04. The Hall–Kier alpha value is -2.11. The molecular weight excluding hydrogens is 276 g/mol. The van der Waals surface area contributed by atoms with Crippen LogP contribution in [0.25, 0.3) is 11.0 Å². The molecule has 0 aliphatic heterocycles. The molecule has 0 saturated carbocycles. The predicted molar refractivity (Wildman–Crippen MR) is 76.3 cm³/mol. The zero-order chi connectivity index (χ0) is 14.3. The third-order valence-corrected chi connectivity index (χ3v) is 4.24. The second-order valence-corrected chi connectivity index (χ2v) is 5.42. The smallest absolute Gasteiger partial charge is 0.336 e. The van der Waals surface area contributed by atoms with Crippen LogP contribution in [0.2, 0.25) is 0 Å². The van der Waals surface area contributed by atoms with Crippen LogP contribution in [0, 0.1) is 6.92 Å². The molecule has 0 amide bonds. The SMILES string of the molecule is Cc1oc2ccccc2c1C(O)c1sccc1C(=O)O. The summed E-state index contributed by atoms with van der Waals surface area (Å²) in [6.07, 6.45) is -0.996. The second-order valence-electron chi connectivity index (χ2n) is 4.47. The minimum Gasteiger partial charge on any atom is -0.478 e. The quantitative estimate of drug-likeness (QED) is 0.772. The predicted octanol–water partition coefficient (Wildman–Crippen LogP) is 3.58. The minimum absolute atomic E-state index is 0.132. The van der Waals surface area contributed by atoms with Gasteiger partial charge in [-0.3, -0.25) is 0 Å². The average Bonchev–Trinajstić information content (AvgIpc) is 3.01. The van der Waals surface area contributed by atoms with Gasteiger partial charge >= 0.3 is 5.97 Å². The Kier molecular flexibility index (Phi) is 3.08. The van der Waals surface area contributed by atoms with Gasteiger partial charge in [-0.25, -0.2) is 4.79 Å². The van der Waals surface area contributed by atoms with Gasteiger partial charge in [-0.05, 0) is 24.4 Å². The van der Waals surface area contributed by atoms with Gasteiger partial charge in [0, 0.05) is 10.9 Å². The third kappa shape index (κ3) is 1.92. The first kappa shape index (κ1) is 12.9. The Morgan fingerprint density at radius 1 is 1.30 bits per heavy atom. The Morgan fingerprint density at radius 2 is 2.05 bits per heavy atom. The van der Waals surface area contributed by atoms with Crippen LogP contribution >= 0.6 is 11.3 Å². The number of aliphatic hydroxyl groups excluding tert-OH is 1. The van der Waals surface area contributed by atoms with Crippen molar-refractivity contribution < 1.29 is 19.4 Å². The van der Waals surface area contributed by atoms with Crippen LogP contribution in [0.3, 0.4) is 0 Å². The molecule has 2 aromatic heterocycles. The normalized spacial score (nSPS) is 12.7. The first-order valence-corrected chi connectivity index (χ1v) is 6.94. The van der Waals surface area contributed by atoms with Crippen LogP contribution in [0.4, 0.5) is 0 Å². The average molecular weight is 288 g/mol. The van der Waals surface area contributed by atoms with Gasteiger partial charge in [0.2, 0.25) is 0 Å². The highest BCUT2D eigenvalue weighted by Crippen LogP contribution is 2.37. The van der Waals surface area contributed by atoms with Crippen molar-refractivity contribution >= 4 is 28.3 Å². The molecular formula is C15H12O4S. The number of hydrogen-bond acceptors (Lipinski definition) is 4. The zero-order valence-electron chi connectivity index (χ0n) is 10.7. The summed E-state index contributed by atoms with van der Waals surface area (Å²) in [5.74, 6) is -0.436. The van der Waals surface area contributed by atoms with Crippen LogP contribution in [0.1, 0.15) is 32.7 Å². The van der Waals surface area contributed by atoms with E-state index in [4.69, 9.17) is 9.52 Å². The number of para-hydroxylation sites is 1. The number of aliphatic hydroxyl groups is 1. The summed E-state index contributed by atoms with van der Waals surface area (Å²) < 4.78 is 5.62. The van der Waals surface area contributed by atoms with E-state index in [2.05, 4.69) is 0 Å². The highest BCUT2D eigenvalue weighted by Gasteiger charge is 2.25. The van der Waals surface area contributed by atoms with Gasteiger partial charge < -0.3 is 14.6 Å². The van der Waals surface area contributed by atoms with Crippen molar-refractivity contribution in [2.75, 3.05) is 0 Å². The third-order valence-electron chi connectivity index (χ3n) is 3.27. The summed E-state index contributed by atoms with van der Waals surface area (Å²) in [6.45, 7) is 1.77. The summed E-state index contributed by atoms with van der Waals surface area (Å²) in [5, 5.41) is 22.2. The number of benzene rings is 1. The van der Waals surface area contributed by atoms with Gasteiger partial charge in [0.1, 0.15) is 17.4 Å². The van der Waals surface area contributed by atoms with Crippen molar-refractivity contribution in [2.24, 2.45) is 0 Å². The maximum Gasteiger partial charge on any atom is 0.336 e. The largest absolute Gasteiger partial charge is 0.478 e. The van der Waals surface area contributed by atoms with E-state index in [9.17, 15) is 9.90 Å². The Bertz CT molecular complexity index is 784. The van der Waals surface area contributed by atoms with E-state index < -0.39 is 12.1 Å². The second kappa shape index (κ2) is 4.77. The lowest BCUT2D eigenvalue weighted by molar-refractivity contribution is 0.0692. The molecule has 0 aliphatic carbocycles. The summed E-state index contributed by atoms with van der Waals surface area (Å²) in [7, 11) is 0. The summed E-state index contributed by atoms with van der Waals surface area (Å²) >= 11 is 1.23. The Balaban J connectivity index is 2.17. The number of aryl methyl sites for hydroxylation is 1. The van der Waals surface area contributed by atoms with Crippen molar-refractivity contribution in [2.45, 2.75) is 13.0 Å². The van der Waals surface area contributed by atoms with Crippen molar-refractivity contribution in [3.63, 3.8) is 0 Å². The highest BCUT2D eigenvalue weighted by atomic mass is 32.1. The van der Waals surface area contributed by atoms with Gasteiger partial charge in [0.25, 0.3) is 0 Å². The zero-order valence-corrected chi connectivity index (χ0v) is 11.5. The molecule has 4 nitrogen and oxygen atoms in total. The Labute approximate surface area is 118 Å². The standard InChI is InChI=1S/C15H12O4S/c1-8-12(9-4-2-3-5-11(9)19-8)13(16)14-10(15(17)18)6-7-20-14/h2-7,13,16H,1H3,(H,17,18). The summed E-state index contributed by atoms with van der Waals surface area (Å²) in [6, 6.07) is 8.90. The molecule has 20 heavy (non-hydrogen) atoms. The molecule has 0 spiro atoms. The fourth-order valence-corrected chi connectivity index (χ4v) is 3.25. The molecule has 3 rings (SSSR count). The van der Waals surface area contributed by atoms with Gasteiger partial charge in [0.05, 0.1) is 10.4 Å². The lowest BCUT2D eigenvalue weighted by Gasteiger charge is -2.10. The number of carboxylic acid groups (broad SMARTS) is 1. The lowest BCUT2D eigenvalue weighted by Crippen LogP contribution is -2.05. The van der Waals surface area contributed by atoms with E-state index >= 15 is 0 Å². The van der Waals surface area contributed by atoms with E-state index in [1.807, 2.05) is 24.3 Å². The molecule has 1 aromatic carbocycles. The van der Waals surface area contributed by atoms with Crippen LogP contribution in [-0.2, 0) is 0 Å². The molecule has 0 fully saturated rings. The lowest BCUT2D eigenvalue weighted by atomic mass is 10.0. The molecule has 3 aromatic rings. The first-order chi connectivity index (χ1) is 9.59. The molecule has 2 heterocycles. The van der Waals surface area contributed by atoms with Gasteiger partial charge in [-0.15, -0.1) is 11.3 Å². The van der Waals surface area contributed by atoms with Crippen molar-refractivity contribution in [3.8, 4) is 0 Å². The number of carboxylic acids is 1. The van der Waals surface area contributed by atoms with E-state index in [0.717, 1.165) is 5.39 Å². The van der Waals surface area contributed by atoms with E-state index in [0.29, 0.717) is 21.8 Å². The fraction of sp³-hybridized carbons (Fsp3) is 0.133.